The lowest BCUT2D eigenvalue weighted by molar-refractivity contribution is 0.631. The second kappa shape index (κ2) is 9.00. The summed E-state index contributed by atoms with van der Waals surface area (Å²) in [6.45, 7) is 3.84. The van der Waals surface area contributed by atoms with E-state index in [-0.39, 0.29) is 29.3 Å². The highest BCUT2D eigenvalue weighted by Gasteiger charge is 2.19. The normalized spacial score (nSPS) is 11.0. The molecule has 0 atom stereocenters. The first-order chi connectivity index (χ1) is 16.2. The number of nitrogens with one attached hydrogen (secondary N) is 1. The number of pyridine rings is 3. The van der Waals surface area contributed by atoms with Gasteiger partial charge in [-0.3, -0.25) is 14.6 Å². The molecule has 4 heterocycles. The van der Waals surface area contributed by atoms with Gasteiger partial charge >= 0.3 is 0 Å². The molecule has 6 nitrogen and oxygen atoms in total. The van der Waals surface area contributed by atoms with Gasteiger partial charge in [-0.1, -0.05) is 18.2 Å². The molecule has 0 saturated carbocycles. The summed E-state index contributed by atoms with van der Waals surface area (Å²) < 4.78 is 17.7. The lowest BCUT2D eigenvalue weighted by atomic mass is 9.95. The summed E-state index contributed by atoms with van der Waals surface area (Å²) in [5.74, 6) is -0.388. The van der Waals surface area contributed by atoms with Gasteiger partial charge in [0.25, 0.3) is 11.1 Å². The smallest absolute Gasteiger partial charge is 0.274 e. The molecule has 35 heavy (non-hydrogen) atoms. The summed E-state index contributed by atoms with van der Waals surface area (Å²) in [5, 5.41) is 0.663. The number of rotatable bonds is 3. The predicted octanol–water partition coefficient (Wildman–Crippen LogP) is 5.14. The van der Waals surface area contributed by atoms with E-state index >= 15 is 0 Å². The van der Waals surface area contributed by atoms with E-state index in [4.69, 9.17) is 0 Å². The van der Waals surface area contributed by atoms with Gasteiger partial charge in [0.15, 0.2) is 0 Å². The molecule has 0 spiro atoms. The van der Waals surface area contributed by atoms with E-state index in [0.717, 1.165) is 22.6 Å². The van der Waals surface area contributed by atoms with Crippen molar-refractivity contribution in [2.45, 2.75) is 13.8 Å². The van der Waals surface area contributed by atoms with Crippen LogP contribution in [0.15, 0.2) is 70.5 Å². The Morgan fingerprint density at radius 1 is 0.829 bits per heavy atom. The number of H-pyrrole nitrogens is 1. The molecule has 1 N–H and O–H groups in total. The summed E-state index contributed by atoms with van der Waals surface area (Å²) in [6, 6.07) is 13.8. The van der Waals surface area contributed by atoms with Crippen LogP contribution in [0, 0.1) is 19.7 Å². The quantitative estimate of drug-likeness (QED) is 0.380. The van der Waals surface area contributed by atoms with Crippen LogP contribution >= 0.6 is 12.4 Å². The van der Waals surface area contributed by atoms with Crippen LogP contribution < -0.4 is 11.1 Å². The fourth-order valence-corrected chi connectivity index (χ4v) is 4.44. The molecule has 4 aromatic heterocycles. The molecule has 5 aromatic rings. The molecule has 8 heteroatoms. The van der Waals surface area contributed by atoms with Gasteiger partial charge in [0.2, 0.25) is 0 Å². The molecule has 0 bridgehead atoms. The Hall–Kier alpha value is -3.97. The van der Waals surface area contributed by atoms with Crippen molar-refractivity contribution in [3.8, 4) is 33.5 Å². The first-order valence-corrected chi connectivity index (χ1v) is 10.9. The summed E-state index contributed by atoms with van der Waals surface area (Å²) in [6.07, 6.45) is 3.33. The number of aromatic nitrogens is 4. The summed E-state index contributed by atoms with van der Waals surface area (Å²) in [7, 11) is 3.30. The molecule has 0 amide bonds. The zero-order chi connectivity index (χ0) is 24.1. The number of aromatic amines is 1. The van der Waals surface area contributed by atoms with Crippen molar-refractivity contribution < 1.29 is 4.39 Å². The van der Waals surface area contributed by atoms with E-state index in [1.165, 1.54) is 21.3 Å². The van der Waals surface area contributed by atoms with E-state index in [2.05, 4.69) is 9.97 Å². The van der Waals surface area contributed by atoms with Crippen LogP contribution in [-0.2, 0) is 14.1 Å². The van der Waals surface area contributed by atoms with Gasteiger partial charge in [0.05, 0.1) is 0 Å². The SMILES string of the molecule is Cc1cc(-c2cc3c(-c4cc(=O)n(C)cc4-c4ccccc4F)cn(C)c(=O)c3[nH]2)cc(C)n1.Cl. The molecule has 0 saturated heterocycles. The third-order valence-corrected chi connectivity index (χ3v) is 6.04. The summed E-state index contributed by atoms with van der Waals surface area (Å²) in [4.78, 5) is 33.4. The highest BCUT2D eigenvalue weighted by Crippen LogP contribution is 2.37. The van der Waals surface area contributed by atoms with Crippen LogP contribution in [0.2, 0.25) is 0 Å². The summed E-state index contributed by atoms with van der Waals surface area (Å²) in [5.41, 5.74) is 5.59. The minimum absolute atomic E-state index is 0. The van der Waals surface area contributed by atoms with Crippen molar-refractivity contribution in [3.05, 3.63) is 98.8 Å². The van der Waals surface area contributed by atoms with Gasteiger partial charge in [0.1, 0.15) is 11.3 Å². The Bertz CT molecular complexity index is 1700. The van der Waals surface area contributed by atoms with Crippen molar-refractivity contribution in [1.29, 1.82) is 0 Å². The maximum absolute atomic E-state index is 14.8. The van der Waals surface area contributed by atoms with Gasteiger partial charge in [-0.15, -0.1) is 12.4 Å². The fourth-order valence-electron chi connectivity index (χ4n) is 4.44. The Labute approximate surface area is 207 Å². The Morgan fingerprint density at radius 3 is 2.17 bits per heavy atom. The molecule has 0 aliphatic rings. The van der Waals surface area contributed by atoms with Crippen LogP contribution in [0.4, 0.5) is 4.39 Å². The Morgan fingerprint density at radius 2 is 1.49 bits per heavy atom. The molecule has 178 valence electrons. The van der Waals surface area contributed by atoms with Crippen LogP contribution in [0.25, 0.3) is 44.4 Å². The molecular formula is C27H24ClFN4O2. The average molecular weight is 491 g/mol. The Kier molecular flexibility index (Phi) is 6.21. The average Bonchev–Trinajstić information content (AvgIpc) is 3.24. The highest BCUT2D eigenvalue weighted by atomic mass is 35.5. The third-order valence-electron chi connectivity index (χ3n) is 6.04. The standard InChI is InChI=1S/C27H23FN4O2.ClH/c1-15-9-17(10-16(2)29-15)24-11-20-22(14-32(4)27(34)26(20)30-24)19-12-25(33)31(3)13-21(19)18-7-5-6-8-23(18)28;/h5-14,30H,1-4H3;1H. The van der Waals surface area contributed by atoms with Crippen LogP contribution in [0.3, 0.4) is 0 Å². The lowest BCUT2D eigenvalue weighted by Crippen LogP contribution is -2.18. The largest absolute Gasteiger partial charge is 0.350 e. The van der Waals surface area contributed by atoms with E-state index in [1.807, 2.05) is 32.0 Å². The molecule has 0 radical (unpaired) electrons. The van der Waals surface area contributed by atoms with E-state index in [1.54, 1.807) is 44.7 Å². The van der Waals surface area contributed by atoms with Crippen molar-refractivity contribution in [2.24, 2.45) is 14.1 Å². The van der Waals surface area contributed by atoms with Crippen molar-refractivity contribution >= 4 is 23.3 Å². The van der Waals surface area contributed by atoms with Crippen molar-refractivity contribution in [2.75, 3.05) is 0 Å². The molecular weight excluding hydrogens is 467 g/mol. The predicted molar refractivity (Wildman–Crippen MR) is 140 cm³/mol. The van der Waals surface area contributed by atoms with Gasteiger partial charge < -0.3 is 14.1 Å². The number of benzene rings is 1. The molecule has 0 aliphatic carbocycles. The Balaban J connectivity index is 0.00000289. The molecule has 5 rings (SSSR count). The second-order valence-electron chi connectivity index (χ2n) is 8.60. The molecule has 1 aromatic carbocycles. The lowest BCUT2D eigenvalue weighted by Gasteiger charge is -2.14. The van der Waals surface area contributed by atoms with Gasteiger partial charge in [0, 0.05) is 77.3 Å². The number of nitrogens with zero attached hydrogens (tertiary/aromatic N) is 3. The number of hydrogen-bond donors (Lipinski definition) is 1. The van der Waals surface area contributed by atoms with Crippen LogP contribution in [-0.4, -0.2) is 19.1 Å². The maximum atomic E-state index is 14.8. The van der Waals surface area contributed by atoms with Gasteiger partial charge in [-0.2, -0.15) is 0 Å². The first kappa shape index (κ1) is 24.2. The zero-order valence-electron chi connectivity index (χ0n) is 19.7. The fraction of sp³-hybridized carbons (Fsp3) is 0.148. The van der Waals surface area contributed by atoms with E-state index in [0.29, 0.717) is 33.2 Å². The number of aryl methyl sites for hydroxylation is 4. The number of hydrogen-bond acceptors (Lipinski definition) is 3. The molecule has 0 fully saturated rings. The van der Waals surface area contributed by atoms with Crippen molar-refractivity contribution in [3.63, 3.8) is 0 Å². The maximum Gasteiger partial charge on any atom is 0.274 e. The monoisotopic (exact) mass is 490 g/mol. The van der Waals surface area contributed by atoms with Gasteiger partial charge in [-0.25, -0.2) is 4.39 Å². The van der Waals surface area contributed by atoms with Crippen LogP contribution in [0.5, 0.6) is 0 Å². The first-order valence-electron chi connectivity index (χ1n) is 10.9. The van der Waals surface area contributed by atoms with Crippen LogP contribution in [0.1, 0.15) is 11.4 Å². The van der Waals surface area contributed by atoms with Crippen molar-refractivity contribution in [1.82, 2.24) is 19.1 Å². The highest BCUT2D eigenvalue weighted by molar-refractivity contribution is 6.00. The minimum atomic E-state index is -0.388. The number of fused-ring (bicyclic) bond motifs is 1. The number of halogens is 2. The summed E-state index contributed by atoms with van der Waals surface area (Å²) >= 11 is 0. The third kappa shape index (κ3) is 4.19. The second-order valence-corrected chi connectivity index (χ2v) is 8.60. The molecule has 0 unspecified atom stereocenters. The van der Waals surface area contributed by atoms with E-state index in [9.17, 15) is 14.0 Å². The van der Waals surface area contributed by atoms with Gasteiger partial charge in [-0.05, 0) is 43.7 Å². The van der Waals surface area contributed by atoms with E-state index < -0.39 is 0 Å². The zero-order valence-corrected chi connectivity index (χ0v) is 20.5. The topological polar surface area (TPSA) is 72.7 Å². The molecule has 0 aliphatic heterocycles. The minimum Gasteiger partial charge on any atom is -0.350 e.